The van der Waals surface area contributed by atoms with Crippen LogP contribution in [0.15, 0.2) is 39.1 Å². The maximum atomic E-state index is 12.8. The third kappa shape index (κ3) is 4.15. The second-order valence-electron chi connectivity index (χ2n) is 5.21. The summed E-state index contributed by atoms with van der Waals surface area (Å²) in [6.45, 7) is 0. The van der Waals surface area contributed by atoms with Gasteiger partial charge >= 0.3 is 6.36 Å². The number of ether oxygens (including phenoxy) is 1. The van der Waals surface area contributed by atoms with E-state index >= 15 is 0 Å². The van der Waals surface area contributed by atoms with Crippen molar-refractivity contribution in [3.63, 3.8) is 0 Å². The third-order valence-electron chi connectivity index (χ3n) is 3.34. The molecular weight excluding hydrogens is 391 g/mol. The molecule has 2 N–H and O–H groups in total. The van der Waals surface area contributed by atoms with E-state index in [-0.39, 0.29) is 16.5 Å². The maximum absolute atomic E-state index is 12.8. The Balaban J connectivity index is 2.02. The maximum Gasteiger partial charge on any atom is 0.573 e. The van der Waals surface area contributed by atoms with Gasteiger partial charge in [0.2, 0.25) is 5.91 Å². The van der Waals surface area contributed by atoms with Gasteiger partial charge in [0.15, 0.2) is 5.16 Å². The zero-order valence-corrected chi connectivity index (χ0v) is 14.7. The van der Waals surface area contributed by atoms with E-state index in [0.29, 0.717) is 22.7 Å². The van der Waals surface area contributed by atoms with Crippen LogP contribution in [-0.2, 0) is 11.2 Å². The number of carbonyl (C=O) groups is 1. The van der Waals surface area contributed by atoms with Crippen LogP contribution >= 0.6 is 23.5 Å². The third-order valence-corrected chi connectivity index (χ3v) is 5.41. The topological polar surface area (TPSA) is 87.2 Å². The number of rotatable bonds is 5. The zero-order valence-electron chi connectivity index (χ0n) is 13.1. The minimum Gasteiger partial charge on any atom is -0.406 e. The second kappa shape index (κ2) is 7.23. The minimum absolute atomic E-state index is 0.0758. The number of carbonyl (C=O) groups excluding carboxylic acids is 1. The van der Waals surface area contributed by atoms with Crippen molar-refractivity contribution >= 4 is 29.4 Å². The van der Waals surface area contributed by atoms with Crippen molar-refractivity contribution in [1.29, 1.82) is 0 Å². The van der Waals surface area contributed by atoms with Crippen LogP contribution in [0.3, 0.4) is 0 Å². The lowest BCUT2D eigenvalue weighted by molar-refractivity contribution is -0.274. The van der Waals surface area contributed by atoms with E-state index in [1.165, 1.54) is 28.5 Å². The molecule has 0 bridgehead atoms. The number of amides is 1. The predicted octanol–water partition coefficient (Wildman–Crippen LogP) is 2.36. The number of nitrogens with two attached hydrogens (primary N) is 1. The van der Waals surface area contributed by atoms with Crippen LogP contribution in [0.5, 0.6) is 5.75 Å². The molecule has 0 fully saturated rings. The summed E-state index contributed by atoms with van der Waals surface area (Å²) in [6, 6.07) is 4.87. The van der Waals surface area contributed by atoms with Gasteiger partial charge in [0, 0.05) is 12.2 Å². The number of aromatic nitrogens is 2. The Hall–Kier alpha value is -2.14. The largest absolute Gasteiger partial charge is 0.573 e. The van der Waals surface area contributed by atoms with Gasteiger partial charge in [-0.2, -0.15) is 0 Å². The number of nitrogens with zero attached hydrogens (tertiary/aromatic N) is 2. The van der Waals surface area contributed by atoms with E-state index in [9.17, 15) is 22.8 Å². The molecule has 26 heavy (non-hydrogen) atoms. The van der Waals surface area contributed by atoms with Gasteiger partial charge in [-0.3, -0.25) is 14.2 Å². The summed E-state index contributed by atoms with van der Waals surface area (Å²) in [4.78, 5) is 28.8. The molecule has 0 spiro atoms. The highest BCUT2D eigenvalue weighted by atomic mass is 32.2. The number of hydrogen-bond donors (Lipinski definition) is 1. The fourth-order valence-electron chi connectivity index (χ4n) is 2.35. The molecular formula is C15H12F3N3O3S2. The van der Waals surface area contributed by atoms with Crippen LogP contribution in [0, 0.1) is 0 Å². The number of fused-ring (bicyclic) bond motifs is 1. The number of aryl methyl sites for hydroxylation is 1. The van der Waals surface area contributed by atoms with Crippen molar-refractivity contribution in [2.75, 3.05) is 11.5 Å². The number of benzene rings is 1. The summed E-state index contributed by atoms with van der Waals surface area (Å²) in [5.41, 5.74) is 5.80. The smallest absolute Gasteiger partial charge is 0.406 e. The Morgan fingerprint density at radius 1 is 1.35 bits per heavy atom. The zero-order chi connectivity index (χ0) is 18.9. The predicted molar refractivity (Wildman–Crippen MR) is 90.9 cm³/mol. The van der Waals surface area contributed by atoms with Crippen molar-refractivity contribution in [3.8, 4) is 11.4 Å². The average molecular weight is 403 g/mol. The van der Waals surface area contributed by atoms with E-state index in [4.69, 9.17) is 5.73 Å². The number of halogens is 3. The van der Waals surface area contributed by atoms with Gasteiger partial charge in [0.05, 0.1) is 22.0 Å². The number of primary amides is 1. The first kappa shape index (κ1) is 18.6. The molecule has 1 aliphatic heterocycles. The molecule has 2 aromatic rings. The highest BCUT2D eigenvalue weighted by Gasteiger charge is 2.31. The highest BCUT2D eigenvalue weighted by Crippen LogP contribution is 2.30. The quantitative estimate of drug-likeness (QED) is 0.609. The van der Waals surface area contributed by atoms with Crippen LogP contribution in [0.25, 0.3) is 5.69 Å². The molecule has 3 rings (SSSR count). The summed E-state index contributed by atoms with van der Waals surface area (Å²) in [6.07, 6.45) is -4.16. The van der Waals surface area contributed by atoms with Gasteiger partial charge in [-0.15, -0.1) is 24.9 Å². The molecule has 11 heteroatoms. The van der Waals surface area contributed by atoms with Crippen LogP contribution in [-0.4, -0.2) is 33.3 Å². The molecule has 0 saturated heterocycles. The van der Waals surface area contributed by atoms with Crippen LogP contribution < -0.4 is 16.0 Å². The Kier molecular flexibility index (Phi) is 5.19. The summed E-state index contributed by atoms with van der Waals surface area (Å²) in [5.74, 6) is -0.322. The van der Waals surface area contributed by atoms with Gasteiger partial charge in [0.1, 0.15) is 5.75 Å². The summed E-state index contributed by atoms with van der Waals surface area (Å²) in [7, 11) is 0. The Labute approximate surface area is 153 Å². The molecule has 0 atom stereocenters. The Morgan fingerprint density at radius 2 is 2.04 bits per heavy atom. The molecule has 1 amide bonds. The molecule has 1 aromatic heterocycles. The van der Waals surface area contributed by atoms with Gasteiger partial charge in [0.25, 0.3) is 5.56 Å². The van der Waals surface area contributed by atoms with Crippen LogP contribution in [0.4, 0.5) is 13.2 Å². The number of hydrogen-bond acceptors (Lipinski definition) is 6. The van der Waals surface area contributed by atoms with E-state index in [0.717, 1.165) is 29.6 Å². The molecule has 0 radical (unpaired) electrons. The average Bonchev–Trinajstić information content (AvgIpc) is 3.01. The van der Waals surface area contributed by atoms with E-state index in [1.54, 1.807) is 0 Å². The normalized spacial score (nSPS) is 13.5. The van der Waals surface area contributed by atoms with E-state index in [2.05, 4.69) is 9.72 Å². The fourth-order valence-corrected chi connectivity index (χ4v) is 4.14. The highest BCUT2D eigenvalue weighted by molar-refractivity contribution is 8.00. The lowest BCUT2D eigenvalue weighted by atomic mass is 10.3. The first-order valence-corrected chi connectivity index (χ1v) is 9.28. The molecule has 1 aliphatic rings. The standard InChI is InChI=1S/C15H12F3N3O3S2/c16-15(17,18)24-9-3-1-8(2-4-9)21-13(23)12-10(5-6-25-12)20-14(21)26-7-11(19)22/h1-4H,5-7H2,(H2,19,22). The Bertz CT molecular complexity index is 898. The number of alkyl halides is 3. The summed E-state index contributed by atoms with van der Waals surface area (Å²) >= 11 is 2.38. The number of thioether (sulfide) groups is 2. The van der Waals surface area contributed by atoms with E-state index in [1.807, 2.05) is 0 Å². The monoisotopic (exact) mass is 403 g/mol. The molecule has 2 heterocycles. The summed E-state index contributed by atoms with van der Waals surface area (Å²) in [5, 5.41) is 0.263. The first-order chi connectivity index (χ1) is 12.2. The van der Waals surface area contributed by atoms with Gasteiger partial charge in [-0.1, -0.05) is 11.8 Å². The lowest BCUT2D eigenvalue weighted by Gasteiger charge is -2.14. The molecule has 0 aliphatic carbocycles. The molecule has 6 nitrogen and oxygen atoms in total. The molecule has 0 saturated carbocycles. The first-order valence-electron chi connectivity index (χ1n) is 7.30. The van der Waals surface area contributed by atoms with Crippen LogP contribution in [0.1, 0.15) is 5.69 Å². The second-order valence-corrected chi connectivity index (χ2v) is 7.25. The molecule has 0 unspecified atom stereocenters. The van der Waals surface area contributed by atoms with E-state index < -0.39 is 18.0 Å². The van der Waals surface area contributed by atoms with Crippen molar-refractivity contribution in [1.82, 2.24) is 9.55 Å². The lowest BCUT2D eigenvalue weighted by Crippen LogP contribution is -2.25. The molecule has 138 valence electrons. The SMILES string of the molecule is NC(=O)CSc1nc2c(c(=O)n1-c1ccc(OC(F)(F)F)cc1)SCC2. The fraction of sp³-hybridized carbons (Fsp3) is 0.267. The van der Waals surface area contributed by atoms with Crippen molar-refractivity contribution in [2.24, 2.45) is 5.73 Å². The van der Waals surface area contributed by atoms with Gasteiger partial charge in [-0.05, 0) is 24.3 Å². The van der Waals surface area contributed by atoms with Gasteiger partial charge in [-0.25, -0.2) is 4.98 Å². The van der Waals surface area contributed by atoms with Gasteiger partial charge < -0.3 is 10.5 Å². The Morgan fingerprint density at radius 3 is 2.65 bits per heavy atom. The van der Waals surface area contributed by atoms with Crippen molar-refractivity contribution < 1.29 is 22.7 Å². The van der Waals surface area contributed by atoms with Crippen LogP contribution in [0.2, 0.25) is 0 Å². The van der Waals surface area contributed by atoms with Crippen molar-refractivity contribution in [2.45, 2.75) is 22.8 Å². The minimum atomic E-state index is -4.80. The molecule has 1 aromatic carbocycles. The summed E-state index contributed by atoms with van der Waals surface area (Å²) < 4.78 is 41.9. The van der Waals surface area contributed by atoms with Crippen molar-refractivity contribution in [3.05, 3.63) is 40.3 Å².